The average Bonchev–Trinajstić information content (AvgIpc) is 2.35. The number of rotatable bonds is 3. The summed E-state index contributed by atoms with van der Waals surface area (Å²) in [4.78, 5) is 10.7. The molecule has 0 unspecified atom stereocenters. The standard InChI is InChI=1S/C15H20O4/c1-9-10(2)14-11(8-12(9)16)4-6-15(3,19-14)7-5-13(17)18/h8,16H,4-7H2,1-3H3,(H,17,18)/t15-/m1/s1. The fraction of sp³-hybridized carbons (Fsp3) is 0.533. The Morgan fingerprint density at radius 1 is 1.42 bits per heavy atom. The van der Waals surface area contributed by atoms with Gasteiger partial charge in [0.05, 0.1) is 0 Å². The third-order valence-corrected chi connectivity index (χ3v) is 4.03. The first-order valence-electron chi connectivity index (χ1n) is 6.55. The van der Waals surface area contributed by atoms with Gasteiger partial charge in [0.1, 0.15) is 17.1 Å². The van der Waals surface area contributed by atoms with E-state index in [0.29, 0.717) is 12.2 Å². The molecule has 1 heterocycles. The van der Waals surface area contributed by atoms with Crippen LogP contribution in [0.1, 0.15) is 42.9 Å². The van der Waals surface area contributed by atoms with Crippen LogP contribution in [0.15, 0.2) is 6.07 Å². The zero-order valence-corrected chi connectivity index (χ0v) is 11.6. The van der Waals surface area contributed by atoms with Gasteiger partial charge in [-0.25, -0.2) is 0 Å². The molecule has 1 aliphatic heterocycles. The molecule has 0 bridgehead atoms. The number of carboxylic acid groups (broad SMARTS) is 1. The number of hydrogen-bond donors (Lipinski definition) is 2. The van der Waals surface area contributed by atoms with Crippen LogP contribution in [0.3, 0.4) is 0 Å². The Hall–Kier alpha value is -1.71. The van der Waals surface area contributed by atoms with Crippen molar-refractivity contribution in [3.63, 3.8) is 0 Å². The summed E-state index contributed by atoms with van der Waals surface area (Å²) in [6.07, 6.45) is 2.19. The molecule has 0 fully saturated rings. The minimum absolute atomic E-state index is 0.113. The Kier molecular flexibility index (Phi) is 3.43. The molecule has 104 valence electrons. The summed E-state index contributed by atoms with van der Waals surface area (Å²) in [7, 11) is 0. The molecule has 1 aliphatic rings. The van der Waals surface area contributed by atoms with Crippen LogP contribution in [0, 0.1) is 13.8 Å². The summed E-state index contributed by atoms with van der Waals surface area (Å²) >= 11 is 0. The number of carboxylic acids is 1. The highest BCUT2D eigenvalue weighted by atomic mass is 16.5. The van der Waals surface area contributed by atoms with Crippen LogP contribution in [0.25, 0.3) is 0 Å². The van der Waals surface area contributed by atoms with Gasteiger partial charge in [-0.3, -0.25) is 4.79 Å². The Bertz CT molecular complexity index is 521. The highest BCUT2D eigenvalue weighted by molar-refractivity contribution is 5.66. The molecule has 4 nitrogen and oxygen atoms in total. The van der Waals surface area contributed by atoms with E-state index in [1.54, 1.807) is 6.07 Å². The summed E-state index contributed by atoms with van der Waals surface area (Å²) in [6, 6.07) is 1.76. The first-order chi connectivity index (χ1) is 8.82. The zero-order valence-electron chi connectivity index (χ0n) is 11.6. The van der Waals surface area contributed by atoms with Gasteiger partial charge >= 0.3 is 5.97 Å². The van der Waals surface area contributed by atoms with Crippen molar-refractivity contribution in [2.24, 2.45) is 0 Å². The molecule has 0 saturated heterocycles. The second-order valence-corrected chi connectivity index (χ2v) is 5.58. The van der Waals surface area contributed by atoms with Crippen molar-refractivity contribution in [3.8, 4) is 11.5 Å². The van der Waals surface area contributed by atoms with Crippen LogP contribution in [0.5, 0.6) is 11.5 Å². The van der Waals surface area contributed by atoms with Crippen molar-refractivity contribution >= 4 is 5.97 Å². The second kappa shape index (κ2) is 4.76. The number of ether oxygens (including phenoxy) is 1. The number of phenols is 1. The van der Waals surface area contributed by atoms with Crippen molar-refractivity contribution in [1.82, 2.24) is 0 Å². The van der Waals surface area contributed by atoms with Crippen molar-refractivity contribution in [3.05, 3.63) is 22.8 Å². The summed E-state index contributed by atoms with van der Waals surface area (Å²) < 4.78 is 6.06. The molecule has 1 atom stereocenters. The van der Waals surface area contributed by atoms with E-state index >= 15 is 0 Å². The van der Waals surface area contributed by atoms with Crippen LogP contribution >= 0.6 is 0 Å². The van der Waals surface area contributed by atoms with Crippen molar-refractivity contribution in [1.29, 1.82) is 0 Å². The molecule has 0 aromatic heterocycles. The summed E-state index contributed by atoms with van der Waals surface area (Å²) in [6.45, 7) is 5.74. The van der Waals surface area contributed by atoms with Gasteiger partial charge in [0.2, 0.25) is 0 Å². The maximum absolute atomic E-state index is 10.7. The fourth-order valence-corrected chi connectivity index (χ4v) is 2.51. The zero-order chi connectivity index (χ0) is 14.2. The first-order valence-corrected chi connectivity index (χ1v) is 6.55. The van der Waals surface area contributed by atoms with Crippen molar-refractivity contribution in [2.75, 3.05) is 0 Å². The van der Waals surface area contributed by atoms with Crippen LogP contribution in [-0.2, 0) is 11.2 Å². The van der Waals surface area contributed by atoms with Crippen LogP contribution in [0.4, 0.5) is 0 Å². The Labute approximate surface area is 113 Å². The lowest BCUT2D eigenvalue weighted by atomic mass is 9.87. The summed E-state index contributed by atoms with van der Waals surface area (Å²) in [5.74, 6) is 0.317. The van der Waals surface area contributed by atoms with Crippen LogP contribution in [0.2, 0.25) is 0 Å². The Balaban J connectivity index is 2.28. The van der Waals surface area contributed by atoms with E-state index in [0.717, 1.165) is 35.3 Å². The van der Waals surface area contributed by atoms with Gasteiger partial charge in [-0.2, -0.15) is 0 Å². The minimum Gasteiger partial charge on any atom is -0.508 e. The van der Waals surface area contributed by atoms with E-state index in [1.165, 1.54) is 0 Å². The molecule has 0 spiro atoms. The summed E-state index contributed by atoms with van der Waals surface area (Å²) in [5, 5.41) is 18.6. The Morgan fingerprint density at radius 3 is 2.74 bits per heavy atom. The third-order valence-electron chi connectivity index (χ3n) is 4.03. The van der Waals surface area contributed by atoms with Gasteiger partial charge < -0.3 is 14.9 Å². The fourth-order valence-electron chi connectivity index (χ4n) is 2.51. The van der Waals surface area contributed by atoms with Gasteiger partial charge in [-0.15, -0.1) is 0 Å². The van der Waals surface area contributed by atoms with Crippen LogP contribution < -0.4 is 4.74 Å². The second-order valence-electron chi connectivity index (χ2n) is 5.58. The molecule has 1 aromatic rings. The number of aryl methyl sites for hydroxylation is 1. The molecular formula is C15H20O4. The predicted molar refractivity (Wildman–Crippen MR) is 71.8 cm³/mol. The molecule has 19 heavy (non-hydrogen) atoms. The third kappa shape index (κ3) is 2.67. The maximum Gasteiger partial charge on any atom is 0.303 e. The molecule has 2 rings (SSSR count). The topological polar surface area (TPSA) is 66.8 Å². The Morgan fingerprint density at radius 2 is 2.11 bits per heavy atom. The van der Waals surface area contributed by atoms with E-state index in [-0.39, 0.29) is 6.42 Å². The molecule has 2 N–H and O–H groups in total. The maximum atomic E-state index is 10.7. The van der Waals surface area contributed by atoms with Gasteiger partial charge in [-0.05, 0) is 62.8 Å². The number of aromatic hydroxyl groups is 1. The monoisotopic (exact) mass is 264 g/mol. The molecular weight excluding hydrogens is 244 g/mol. The highest BCUT2D eigenvalue weighted by Gasteiger charge is 2.33. The highest BCUT2D eigenvalue weighted by Crippen LogP contribution is 2.41. The first kappa shape index (κ1) is 13.7. The molecule has 0 aliphatic carbocycles. The average molecular weight is 264 g/mol. The number of aliphatic carboxylic acids is 1. The van der Waals surface area contributed by atoms with Gasteiger partial charge in [0.25, 0.3) is 0 Å². The smallest absolute Gasteiger partial charge is 0.303 e. The molecule has 1 aromatic carbocycles. The SMILES string of the molecule is Cc1c(O)cc2c(c1C)O[C@@](C)(CCC(=O)O)CC2. The predicted octanol–water partition coefficient (Wildman–Crippen LogP) is 2.96. The summed E-state index contributed by atoms with van der Waals surface area (Å²) in [5.41, 5.74) is 2.34. The van der Waals surface area contributed by atoms with Gasteiger partial charge in [0, 0.05) is 6.42 Å². The lowest BCUT2D eigenvalue weighted by Gasteiger charge is -2.37. The van der Waals surface area contributed by atoms with Crippen LogP contribution in [-0.4, -0.2) is 21.8 Å². The molecule has 0 amide bonds. The molecule has 4 heteroatoms. The molecule has 0 saturated carbocycles. The molecule has 0 radical (unpaired) electrons. The quantitative estimate of drug-likeness (QED) is 0.880. The van der Waals surface area contributed by atoms with E-state index in [1.807, 2.05) is 20.8 Å². The lowest BCUT2D eigenvalue weighted by molar-refractivity contribution is -0.138. The number of fused-ring (bicyclic) bond motifs is 1. The van der Waals surface area contributed by atoms with E-state index in [4.69, 9.17) is 9.84 Å². The van der Waals surface area contributed by atoms with E-state index in [2.05, 4.69) is 0 Å². The minimum atomic E-state index is -0.797. The number of benzene rings is 1. The van der Waals surface area contributed by atoms with E-state index < -0.39 is 11.6 Å². The van der Waals surface area contributed by atoms with Crippen molar-refractivity contribution in [2.45, 2.75) is 52.1 Å². The van der Waals surface area contributed by atoms with E-state index in [9.17, 15) is 9.90 Å². The number of carbonyl (C=O) groups is 1. The van der Waals surface area contributed by atoms with Crippen molar-refractivity contribution < 1.29 is 19.7 Å². The van der Waals surface area contributed by atoms with Gasteiger partial charge in [0.15, 0.2) is 0 Å². The number of hydrogen-bond acceptors (Lipinski definition) is 3. The lowest BCUT2D eigenvalue weighted by Crippen LogP contribution is -2.37. The number of phenolic OH excluding ortho intramolecular Hbond substituents is 1. The van der Waals surface area contributed by atoms with Gasteiger partial charge in [-0.1, -0.05) is 0 Å². The largest absolute Gasteiger partial charge is 0.508 e. The normalized spacial score (nSPS) is 21.6.